The van der Waals surface area contributed by atoms with Crippen molar-refractivity contribution in [2.45, 2.75) is 12.5 Å². The summed E-state index contributed by atoms with van der Waals surface area (Å²) in [6.45, 7) is 0. The molecule has 0 fully saturated rings. The summed E-state index contributed by atoms with van der Waals surface area (Å²) in [6, 6.07) is 5.40. The Morgan fingerprint density at radius 2 is 2.33 bits per heavy atom. The van der Waals surface area contributed by atoms with Gasteiger partial charge in [0, 0.05) is 23.7 Å². The average molecular weight is 245 g/mol. The largest absolute Gasteiger partial charge is 0.264 e. The molecule has 0 bridgehead atoms. The second-order valence-electron chi connectivity index (χ2n) is 3.00. The van der Waals surface area contributed by atoms with Crippen LogP contribution in [0.15, 0.2) is 24.4 Å². The first-order valence-electron chi connectivity index (χ1n) is 4.25. The molecule has 1 rings (SSSR count). The molecule has 0 N–H and O–H groups in total. The van der Waals surface area contributed by atoms with Gasteiger partial charge in [0.15, 0.2) is 0 Å². The fourth-order valence-corrected chi connectivity index (χ4v) is 1.85. The minimum atomic E-state index is -3.48. The van der Waals surface area contributed by atoms with E-state index in [9.17, 15) is 8.42 Å². The minimum absolute atomic E-state index is 0.359. The van der Waals surface area contributed by atoms with Crippen LogP contribution in [0.5, 0.6) is 0 Å². The van der Waals surface area contributed by atoms with Crippen LogP contribution >= 0.6 is 12.2 Å². The van der Waals surface area contributed by atoms with E-state index < -0.39 is 16.2 Å². The van der Waals surface area contributed by atoms with Crippen LogP contribution in [0, 0.1) is 0 Å². The molecule has 82 valence electrons. The summed E-state index contributed by atoms with van der Waals surface area (Å²) in [5.41, 5.74) is 0.743. The van der Waals surface area contributed by atoms with Crippen LogP contribution in [0.4, 0.5) is 0 Å². The highest BCUT2D eigenvalue weighted by Gasteiger charge is 2.13. The monoisotopic (exact) mass is 245 g/mol. The molecule has 0 aliphatic carbocycles. The van der Waals surface area contributed by atoms with Crippen molar-refractivity contribution in [3.63, 3.8) is 0 Å². The standard InChI is InChI=1S/C9H11NO3S2/c1-15(11,12)13-9(7-14)6-8-4-2-3-5-10-8/h2-5,7,9H,6H2,1H3. The molecule has 1 heterocycles. The molecule has 4 nitrogen and oxygen atoms in total. The van der Waals surface area contributed by atoms with Crippen molar-refractivity contribution < 1.29 is 12.6 Å². The normalized spacial score (nSPS) is 13.4. The van der Waals surface area contributed by atoms with E-state index in [4.69, 9.17) is 16.4 Å². The fourth-order valence-electron chi connectivity index (χ4n) is 1.05. The van der Waals surface area contributed by atoms with E-state index in [1.807, 2.05) is 6.07 Å². The van der Waals surface area contributed by atoms with Crippen molar-refractivity contribution in [2.24, 2.45) is 0 Å². The molecule has 6 heteroatoms. The first kappa shape index (κ1) is 12.2. The van der Waals surface area contributed by atoms with Crippen LogP contribution in [0.2, 0.25) is 0 Å². The lowest BCUT2D eigenvalue weighted by atomic mass is 10.2. The Morgan fingerprint density at radius 1 is 1.60 bits per heavy atom. The molecule has 0 aliphatic rings. The summed E-state index contributed by atoms with van der Waals surface area (Å²) in [7, 11) is -3.48. The zero-order valence-corrected chi connectivity index (χ0v) is 9.79. The van der Waals surface area contributed by atoms with Gasteiger partial charge in [-0.05, 0) is 12.1 Å². The number of aromatic nitrogens is 1. The summed E-state index contributed by atoms with van der Waals surface area (Å²) in [5, 5.41) is 1.29. The maximum atomic E-state index is 10.9. The van der Waals surface area contributed by atoms with Crippen molar-refractivity contribution in [3.05, 3.63) is 30.1 Å². The molecular weight excluding hydrogens is 234 g/mol. The Balaban J connectivity index is 2.67. The van der Waals surface area contributed by atoms with Gasteiger partial charge < -0.3 is 0 Å². The molecule has 0 spiro atoms. The maximum absolute atomic E-state index is 10.9. The van der Waals surface area contributed by atoms with Gasteiger partial charge in [-0.3, -0.25) is 9.17 Å². The Kier molecular flexibility index (Phi) is 4.31. The molecule has 15 heavy (non-hydrogen) atoms. The van der Waals surface area contributed by atoms with E-state index in [-0.39, 0.29) is 0 Å². The number of thiocarbonyl (C=S) groups is 1. The van der Waals surface area contributed by atoms with Crippen molar-refractivity contribution >= 4 is 27.7 Å². The molecule has 0 aromatic carbocycles. The van der Waals surface area contributed by atoms with Crippen LogP contribution in [0.1, 0.15) is 5.69 Å². The topological polar surface area (TPSA) is 56.3 Å². The molecule has 1 aromatic rings. The first-order chi connectivity index (χ1) is 7.01. The molecule has 1 atom stereocenters. The predicted molar refractivity (Wildman–Crippen MR) is 61.3 cm³/mol. The van der Waals surface area contributed by atoms with Gasteiger partial charge in [0.1, 0.15) is 6.10 Å². The Hall–Kier alpha value is -0.850. The van der Waals surface area contributed by atoms with E-state index in [0.717, 1.165) is 11.9 Å². The zero-order valence-electron chi connectivity index (χ0n) is 8.16. The molecule has 0 amide bonds. The lowest BCUT2D eigenvalue weighted by Gasteiger charge is -2.10. The molecule has 1 unspecified atom stereocenters. The van der Waals surface area contributed by atoms with Gasteiger partial charge in [-0.15, -0.1) is 0 Å². The second kappa shape index (κ2) is 5.29. The molecule has 0 saturated heterocycles. The fraction of sp³-hybridized carbons (Fsp3) is 0.333. The van der Waals surface area contributed by atoms with E-state index in [1.165, 1.54) is 5.37 Å². The van der Waals surface area contributed by atoms with Crippen LogP contribution in [0.25, 0.3) is 0 Å². The third-order valence-electron chi connectivity index (χ3n) is 1.59. The molecule has 0 saturated carbocycles. The lowest BCUT2D eigenvalue weighted by Crippen LogP contribution is -2.21. The van der Waals surface area contributed by atoms with Crippen molar-refractivity contribution in [2.75, 3.05) is 6.26 Å². The van der Waals surface area contributed by atoms with E-state index in [0.29, 0.717) is 6.42 Å². The Bertz CT molecular complexity index is 416. The summed E-state index contributed by atoms with van der Waals surface area (Å²) in [4.78, 5) is 4.06. The highest BCUT2D eigenvalue weighted by molar-refractivity contribution is 7.86. The summed E-state index contributed by atoms with van der Waals surface area (Å²) in [6.07, 6.45) is 2.36. The van der Waals surface area contributed by atoms with Crippen LogP contribution in [-0.4, -0.2) is 31.1 Å². The van der Waals surface area contributed by atoms with E-state index in [2.05, 4.69) is 4.98 Å². The van der Waals surface area contributed by atoms with Crippen molar-refractivity contribution in [1.82, 2.24) is 4.98 Å². The van der Waals surface area contributed by atoms with E-state index in [1.54, 1.807) is 18.3 Å². The quantitative estimate of drug-likeness (QED) is 0.571. The van der Waals surface area contributed by atoms with Gasteiger partial charge in [0.25, 0.3) is 10.1 Å². The van der Waals surface area contributed by atoms with E-state index >= 15 is 0 Å². The SMILES string of the molecule is CS(=O)(=O)OC(C=S)Cc1ccccn1. The van der Waals surface area contributed by atoms with Crippen LogP contribution in [-0.2, 0) is 20.7 Å². The van der Waals surface area contributed by atoms with Gasteiger partial charge in [-0.1, -0.05) is 18.3 Å². The zero-order chi connectivity index (χ0) is 11.3. The summed E-state index contributed by atoms with van der Waals surface area (Å²) in [5.74, 6) is 0. The Labute approximate surface area is 94.4 Å². The van der Waals surface area contributed by atoms with Gasteiger partial charge in [-0.25, -0.2) is 0 Å². The Morgan fingerprint density at radius 3 is 2.80 bits per heavy atom. The van der Waals surface area contributed by atoms with Gasteiger partial charge in [-0.2, -0.15) is 8.42 Å². The third-order valence-corrected chi connectivity index (χ3v) is 2.49. The lowest BCUT2D eigenvalue weighted by molar-refractivity contribution is 0.280. The van der Waals surface area contributed by atoms with Gasteiger partial charge in [0.05, 0.1) is 6.26 Å². The van der Waals surface area contributed by atoms with Crippen molar-refractivity contribution in [1.29, 1.82) is 0 Å². The number of pyridine rings is 1. The summed E-state index contributed by atoms with van der Waals surface area (Å²) < 4.78 is 26.5. The summed E-state index contributed by atoms with van der Waals surface area (Å²) >= 11 is 4.70. The highest BCUT2D eigenvalue weighted by atomic mass is 32.2. The van der Waals surface area contributed by atoms with Gasteiger partial charge in [0.2, 0.25) is 0 Å². The van der Waals surface area contributed by atoms with Crippen LogP contribution in [0.3, 0.4) is 0 Å². The smallest absolute Gasteiger partial charge is 0.261 e. The first-order valence-corrected chi connectivity index (χ1v) is 6.53. The molecular formula is C9H11NO3S2. The highest BCUT2D eigenvalue weighted by Crippen LogP contribution is 2.04. The average Bonchev–Trinajstić information content (AvgIpc) is 2.16. The van der Waals surface area contributed by atoms with Crippen LogP contribution < -0.4 is 0 Å². The van der Waals surface area contributed by atoms with Gasteiger partial charge >= 0.3 is 0 Å². The number of rotatable bonds is 5. The second-order valence-corrected chi connectivity index (χ2v) is 4.87. The number of hydrogen-bond donors (Lipinski definition) is 0. The minimum Gasteiger partial charge on any atom is -0.261 e. The number of nitrogens with zero attached hydrogens (tertiary/aromatic N) is 1. The predicted octanol–water partition coefficient (Wildman–Crippen LogP) is 0.969. The number of hydrogen-bond acceptors (Lipinski definition) is 5. The third kappa shape index (κ3) is 4.96. The molecule has 1 aromatic heterocycles. The molecule has 0 aliphatic heterocycles. The maximum Gasteiger partial charge on any atom is 0.264 e. The van der Waals surface area contributed by atoms with Crippen molar-refractivity contribution in [3.8, 4) is 0 Å². The molecule has 0 radical (unpaired) electrons.